The van der Waals surface area contributed by atoms with Crippen LogP contribution in [0.3, 0.4) is 0 Å². The number of rotatable bonds is 13. The summed E-state index contributed by atoms with van der Waals surface area (Å²) in [5, 5.41) is 18.5. The molecule has 7 nitrogen and oxygen atoms in total. The Labute approximate surface area is 181 Å². The second kappa shape index (κ2) is 11.5. The van der Waals surface area contributed by atoms with Gasteiger partial charge in [-0.2, -0.15) is 0 Å². The highest BCUT2D eigenvalue weighted by molar-refractivity contribution is 6.92. The van der Waals surface area contributed by atoms with Crippen molar-refractivity contribution in [2.45, 2.75) is 84.8 Å². The van der Waals surface area contributed by atoms with Gasteiger partial charge in [-0.1, -0.05) is 13.3 Å². The van der Waals surface area contributed by atoms with E-state index >= 15 is 0 Å². The molecule has 1 atom stereocenters. The quantitative estimate of drug-likeness (QED) is 0.235. The molecule has 11 heteroatoms. The van der Waals surface area contributed by atoms with E-state index in [1.165, 1.54) is 0 Å². The summed E-state index contributed by atoms with van der Waals surface area (Å²) in [5.74, 6) is -0.534. The summed E-state index contributed by atoms with van der Waals surface area (Å²) < 4.78 is 25.0. The minimum Gasteiger partial charge on any atom is -0.459 e. The molecule has 0 heterocycles. The zero-order valence-corrected chi connectivity index (χ0v) is 23.9. The van der Waals surface area contributed by atoms with Crippen molar-refractivity contribution in [1.82, 2.24) is 0 Å². The third-order valence-corrected chi connectivity index (χ3v) is 14.6. The normalized spacial score (nSPS) is 15.4. The number of hydrogen-bond acceptors (Lipinski definition) is 7. The molecule has 172 valence electrons. The maximum Gasteiger partial charge on any atom is 0.498 e. The molecular weight excluding hydrogens is 441 g/mol. The summed E-state index contributed by atoms with van der Waals surface area (Å²) in [6.45, 7) is 20.0. The number of aliphatic hydroxyl groups is 2. The van der Waals surface area contributed by atoms with Crippen molar-refractivity contribution in [1.29, 1.82) is 0 Å². The van der Waals surface area contributed by atoms with Crippen LogP contribution >= 0.6 is 0 Å². The number of carbonyl (C=O) groups is 1. The number of ether oxygens (including phenoxy) is 1. The van der Waals surface area contributed by atoms with Crippen LogP contribution in [0.15, 0.2) is 11.3 Å². The van der Waals surface area contributed by atoms with Crippen LogP contribution in [0.4, 0.5) is 0 Å². The maximum atomic E-state index is 12.7. The minimum absolute atomic E-state index is 0.260. The minimum atomic E-state index is -3.32. The fourth-order valence-electron chi connectivity index (χ4n) is 2.46. The summed E-state index contributed by atoms with van der Waals surface area (Å²) in [5.41, 5.74) is 2.22. The first-order valence-corrected chi connectivity index (χ1v) is 22.2. The molecule has 0 aliphatic rings. The van der Waals surface area contributed by atoms with Crippen molar-refractivity contribution in [3.63, 3.8) is 0 Å². The highest BCUT2D eigenvalue weighted by Gasteiger charge is 2.49. The van der Waals surface area contributed by atoms with Crippen molar-refractivity contribution in [3.8, 4) is 0 Å². The van der Waals surface area contributed by atoms with Gasteiger partial charge in [0, 0.05) is 5.57 Å². The molecule has 0 radical (unpaired) electrons. The lowest BCUT2D eigenvalue weighted by atomic mass is 10.2. The summed E-state index contributed by atoms with van der Waals surface area (Å²) in [6, 6.07) is 0. The average Bonchev–Trinajstić information content (AvgIpc) is 2.46. The van der Waals surface area contributed by atoms with Crippen molar-refractivity contribution in [2.24, 2.45) is 0 Å². The number of hydrogen-bond donors (Lipinski definition) is 2. The molecule has 0 aromatic carbocycles. The topological polar surface area (TPSA) is 94.5 Å². The van der Waals surface area contributed by atoms with Gasteiger partial charge in [0.15, 0.2) is 25.0 Å². The lowest BCUT2D eigenvalue weighted by Gasteiger charge is -2.41. The van der Waals surface area contributed by atoms with Gasteiger partial charge in [-0.05, 0) is 71.0 Å². The first-order chi connectivity index (χ1) is 12.9. The molecule has 0 saturated heterocycles. The first kappa shape index (κ1) is 28.9. The maximum absolute atomic E-state index is 12.7. The molecule has 0 saturated carbocycles. The third-order valence-electron chi connectivity index (χ3n) is 3.10. The van der Waals surface area contributed by atoms with Crippen LogP contribution in [-0.4, -0.2) is 69.3 Å². The largest absolute Gasteiger partial charge is 0.498 e. The molecule has 0 amide bonds. The van der Waals surface area contributed by atoms with Crippen LogP contribution < -0.4 is 0 Å². The van der Waals surface area contributed by atoms with E-state index in [1.807, 2.05) is 6.92 Å². The van der Waals surface area contributed by atoms with Gasteiger partial charge in [0.25, 0.3) is 0 Å². The van der Waals surface area contributed by atoms with E-state index < -0.39 is 52.4 Å². The van der Waals surface area contributed by atoms with E-state index in [4.69, 9.17) is 22.2 Å². The van der Waals surface area contributed by atoms with E-state index in [2.05, 4.69) is 58.9 Å². The molecule has 0 bridgehead atoms. The Hall–Kier alpha value is -0.122. The van der Waals surface area contributed by atoms with Crippen LogP contribution in [0.25, 0.3) is 0 Å². The lowest BCUT2D eigenvalue weighted by Crippen LogP contribution is -2.60. The van der Waals surface area contributed by atoms with Gasteiger partial charge in [-0.3, -0.25) is 0 Å². The van der Waals surface area contributed by atoms with Gasteiger partial charge in [-0.15, -0.1) is 0 Å². The second-order valence-electron chi connectivity index (χ2n) is 10.1. The van der Waals surface area contributed by atoms with Gasteiger partial charge in [0.05, 0.1) is 6.61 Å². The Kier molecular flexibility index (Phi) is 11.4. The molecule has 0 aliphatic heterocycles. The molecular formula is C18H42O7Si4. The van der Waals surface area contributed by atoms with Gasteiger partial charge in [-0.25, -0.2) is 4.79 Å². The number of esters is 1. The van der Waals surface area contributed by atoms with Crippen molar-refractivity contribution >= 4 is 39.7 Å². The molecule has 0 aromatic rings. The Morgan fingerprint density at radius 3 is 1.62 bits per heavy atom. The smallest absolute Gasteiger partial charge is 0.459 e. The van der Waals surface area contributed by atoms with Crippen LogP contribution in [0.1, 0.15) is 19.8 Å². The van der Waals surface area contributed by atoms with Crippen molar-refractivity contribution in [3.05, 3.63) is 11.3 Å². The van der Waals surface area contributed by atoms with E-state index in [-0.39, 0.29) is 6.61 Å². The lowest BCUT2D eigenvalue weighted by molar-refractivity contribution is -0.142. The second-order valence-corrected chi connectivity index (χ2v) is 26.7. The van der Waals surface area contributed by atoms with Crippen LogP contribution in [0, 0.1) is 0 Å². The SMILES string of the molecule is CCCC(=C[Si](O[Si](C)(C)C)(O[Si](C)(C)C)O[Si](C)(C)C)C(=O)OCC(O)CO. The molecule has 1 unspecified atom stereocenters. The van der Waals surface area contributed by atoms with Gasteiger partial charge in [0.1, 0.15) is 12.7 Å². The summed E-state index contributed by atoms with van der Waals surface area (Å²) in [4.78, 5) is 12.7. The van der Waals surface area contributed by atoms with Crippen LogP contribution in [0.5, 0.6) is 0 Å². The zero-order chi connectivity index (χ0) is 23.1. The predicted octanol–water partition coefficient (Wildman–Crippen LogP) is 3.64. The van der Waals surface area contributed by atoms with E-state index in [9.17, 15) is 9.90 Å². The van der Waals surface area contributed by atoms with E-state index in [0.29, 0.717) is 12.0 Å². The molecule has 2 N–H and O–H groups in total. The van der Waals surface area contributed by atoms with Crippen LogP contribution in [0.2, 0.25) is 58.9 Å². The van der Waals surface area contributed by atoms with E-state index in [0.717, 1.165) is 6.42 Å². The third kappa shape index (κ3) is 13.7. The fourth-order valence-corrected chi connectivity index (χ4v) is 15.7. The Morgan fingerprint density at radius 2 is 1.31 bits per heavy atom. The Bertz CT molecular complexity index is 507. The summed E-state index contributed by atoms with van der Waals surface area (Å²) in [6.07, 6.45) is 0.126. The predicted molar refractivity (Wildman–Crippen MR) is 126 cm³/mol. The van der Waals surface area contributed by atoms with Gasteiger partial charge in [0.2, 0.25) is 0 Å². The summed E-state index contributed by atoms with van der Waals surface area (Å²) >= 11 is 0. The molecule has 0 aromatic heterocycles. The van der Waals surface area contributed by atoms with E-state index in [1.54, 1.807) is 5.70 Å². The molecule has 0 rings (SSSR count). The van der Waals surface area contributed by atoms with Crippen LogP contribution in [-0.2, 0) is 21.9 Å². The van der Waals surface area contributed by atoms with Crippen molar-refractivity contribution in [2.75, 3.05) is 13.2 Å². The number of carbonyl (C=O) groups excluding carboxylic acids is 1. The zero-order valence-electron chi connectivity index (χ0n) is 19.9. The monoisotopic (exact) mass is 482 g/mol. The molecule has 0 fully saturated rings. The Morgan fingerprint density at radius 1 is 0.897 bits per heavy atom. The number of aliphatic hydroxyl groups excluding tert-OH is 2. The highest BCUT2D eigenvalue weighted by Crippen LogP contribution is 2.28. The Balaban J connectivity index is 6.25. The molecule has 0 aliphatic carbocycles. The highest BCUT2D eigenvalue weighted by atomic mass is 28.5. The standard InChI is InChI=1S/C18H42O7Si4/c1-11-12-16(18(21)22-14-17(20)13-19)15-29(23-26(2,3)4,24-27(5,6)7)25-28(8,9)10/h15,17,19-20H,11-14H2,1-10H3. The fraction of sp³-hybridized carbons (Fsp3) is 0.833. The summed E-state index contributed by atoms with van der Waals surface area (Å²) in [7, 11) is -9.54. The molecule has 29 heavy (non-hydrogen) atoms. The molecule has 0 spiro atoms. The first-order valence-electron chi connectivity index (χ1n) is 10.2. The van der Waals surface area contributed by atoms with Gasteiger partial charge >= 0.3 is 14.8 Å². The average molecular weight is 483 g/mol. The van der Waals surface area contributed by atoms with Crippen molar-refractivity contribution < 1.29 is 32.1 Å². The van der Waals surface area contributed by atoms with Gasteiger partial charge < -0.3 is 27.3 Å².